The summed E-state index contributed by atoms with van der Waals surface area (Å²) >= 11 is 9.24. The molecule has 0 amide bonds. The van der Waals surface area contributed by atoms with Crippen LogP contribution in [0.1, 0.15) is 10.5 Å². The highest BCUT2D eigenvalue weighted by atomic mass is 79.9. The molecule has 0 aliphatic carbocycles. The van der Waals surface area contributed by atoms with Gasteiger partial charge in [0.15, 0.2) is 5.65 Å². The van der Waals surface area contributed by atoms with Crippen molar-refractivity contribution in [2.75, 3.05) is 0 Å². The third-order valence-electron chi connectivity index (χ3n) is 3.18. The molecule has 1 aromatic carbocycles. The van der Waals surface area contributed by atoms with Crippen molar-refractivity contribution in [2.45, 2.75) is 4.90 Å². The molecule has 9 heteroatoms. The predicted octanol–water partition coefficient (Wildman–Crippen LogP) is 3.39. The summed E-state index contributed by atoms with van der Waals surface area (Å²) in [6.07, 6.45) is 1.32. The normalized spacial score (nSPS) is 11.7. The molecule has 118 valence electrons. The van der Waals surface area contributed by atoms with Crippen LogP contribution in [0.5, 0.6) is 0 Å². The first kappa shape index (κ1) is 16.0. The van der Waals surface area contributed by atoms with E-state index >= 15 is 0 Å². The maximum Gasteiger partial charge on any atom is 0.353 e. The van der Waals surface area contributed by atoms with Crippen molar-refractivity contribution in [2.24, 2.45) is 0 Å². The van der Waals surface area contributed by atoms with Crippen LogP contribution in [0, 0.1) is 0 Å². The number of rotatable bonds is 3. The predicted molar refractivity (Wildman–Crippen MR) is 88.4 cm³/mol. The van der Waals surface area contributed by atoms with Gasteiger partial charge in [-0.05, 0) is 36.4 Å². The van der Waals surface area contributed by atoms with E-state index < -0.39 is 21.7 Å². The van der Waals surface area contributed by atoms with Crippen molar-refractivity contribution in [3.05, 3.63) is 57.8 Å². The SMILES string of the molecule is O=C(O)c1cc2c(Cl)ccnc2n1S(=O)(=O)c1ccc(Br)cc1. The molecule has 0 aliphatic rings. The van der Waals surface area contributed by atoms with Gasteiger partial charge >= 0.3 is 5.97 Å². The van der Waals surface area contributed by atoms with Gasteiger partial charge in [0.1, 0.15) is 5.69 Å². The number of hydrogen-bond donors (Lipinski definition) is 1. The summed E-state index contributed by atoms with van der Waals surface area (Å²) in [6, 6.07) is 8.53. The molecule has 0 spiro atoms. The lowest BCUT2D eigenvalue weighted by molar-refractivity contribution is 0.0689. The smallest absolute Gasteiger partial charge is 0.353 e. The summed E-state index contributed by atoms with van der Waals surface area (Å²) in [5.74, 6) is -1.39. The van der Waals surface area contributed by atoms with Gasteiger partial charge in [-0.25, -0.2) is 22.2 Å². The number of pyridine rings is 1. The highest BCUT2D eigenvalue weighted by Crippen LogP contribution is 2.29. The van der Waals surface area contributed by atoms with Crippen LogP contribution in [0.3, 0.4) is 0 Å². The van der Waals surface area contributed by atoms with E-state index in [4.69, 9.17) is 11.6 Å². The molecule has 0 atom stereocenters. The Hall–Kier alpha value is -1.90. The zero-order chi connectivity index (χ0) is 16.8. The summed E-state index contributed by atoms with van der Waals surface area (Å²) < 4.78 is 27.1. The number of nitrogens with zero attached hydrogens (tertiary/aromatic N) is 2. The van der Waals surface area contributed by atoms with Crippen molar-refractivity contribution < 1.29 is 18.3 Å². The van der Waals surface area contributed by atoms with Gasteiger partial charge in [-0.2, -0.15) is 0 Å². The Morgan fingerprint density at radius 3 is 2.48 bits per heavy atom. The number of carboxylic acid groups (broad SMARTS) is 1. The number of hydrogen-bond acceptors (Lipinski definition) is 4. The van der Waals surface area contributed by atoms with Crippen molar-refractivity contribution in [3.8, 4) is 0 Å². The molecular weight excluding hydrogens is 408 g/mol. The molecular formula is C14H8BrClN2O4S. The van der Waals surface area contributed by atoms with Crippen LogP contribution in [0.25, 0.3) is 11.0 Å². The summed E-state index contributed by atoms with van der Waals surface area (Å²) in [4.78, 5) is 15.4. The first-order chi connectivity index (χ1) is 10.8. The number of carboxylic acids is 1. The molecule has 0 saturated heterocycles. The van der Waals surface area contributed by atoms with E-state index in [0.29, 0.717) is 8.45 Å². The third kappa shape index (κ3) is 2.62. The molecule has 0 bridgehead atoms. The van der Waals surface area contributed by atoms with E-state index in [0.717, 1.165) is 0 Å². The number of aromatic carboxylic acids is 1. The fourth-order valence-electron chi connectivity index (χ4n) is 2.15. The summed E-state index contributed by atoms with van der Waals surface area (Å²) in [5.41, 5.74) is -0.457. The van der Waals surface area contributed by atoms with Crippen molar-refractivity contribution in [1.29, 1.82) is 0 Å². The molecule has 6 nitrogen and oxygen atoms in total. The first-order valence-electron chi connectivity index (χ1n) is 6.23. The van der Waals surface area contributed by atoms with Gasteiger partial charge in [0, 0.05) is 16.1 Å². The second-order valence-electron chi connectivity index (χ2n) is 4.59. The van der Waals surface area contributed by atoms with Gasteiger partial charge in [-0.15, -0.1) is 0 Å². The van der Waals surface area contributed by atoms with Gasteiger partial charge in [-0.1, -0.05) is 27.5 Å². The van der Waals surface area contributed by atoms with Crippen LogP contribution < -0.4 is 0 Å². The van der Waals surface area contributed by atoms with Crippen molar-refractivity contribution in [3.63, 3.8) is 0 Å². The van der Waals surface area contributed by atoms with Gasteiger partial charge in [0.25, 0.3) is 10.0 Å². The summed E-state index contributed by atoms with van der Waals surface area (Å²) in [5, 5.41) is 9.83. The van der Waals surface area contributed by atoms with E-state index in [2.05, 4.69) is 20.9 Å². The number of carbonyl (C=O) groups is 1. The average Bonchev–Trinajstić information content (AvgIpc) is 2.89. The van der Waals surface area contributed by atoms with Crippen LogP contribution in [-0.2, 0) is 10.0 Å². The molecule has 2 aromatic heterocycles. The standard InChI is InChI=1S/C14H8BrClN2O4S/c15-8-1-3-9(4-2-8)23(21,22)18-12(14(19)20)7-10-11(16)5-6-17-13(10)18/h1-7H,(H,19,20). The van der Waals surface area contributed by atoms with Gasteiger partial charge in [-0.3, -0.25) is 0 Å². The maximum atomic E-state index is 12.9. The molecule has 0 fully saturated rings. The lowest BCUT2D eigenvalue weighted by Crippen LogP contribution is -2.18. The number of fused-ring (bicyclic) bond motifs is 1. The minimum atomic E-state index is -4.14. The van der Waals surface area contributed by atoms with Crippen LogP contribution >= 0.6 is 27.5 Å². The number of benzene rings is 1. The average molecular weight is 416 g/mol. The molecule has 0 saturated carbocycles. The van der Waals surface area contributed by atoms with Crippen molar-refractivity contribution in [1.82, 2.24) is 8.96 Å². The second kappa shape index (κ2) is 5.63. The molecule has 0 radical (unpaired) electrons. The molecule has 3 rings (SSSR count). The van der Waals surface area contributed by atoms with E-state index in [1.165, 1.54) is 30.5 Å². The van der Waals surface area contributed by atoms with E-state index in [1.807, 2.05) is 0 Å². The number of aromatic nitrogens is 2. The van der Waals surface area contributed by atoms with E-state index in [9.17, 15) is 18.3 Å². The Labute approximate surface area is 144 Å². The highest BCUT2D eigenvalue weighted by molar-refractivity contribution is 9.10. The fraction of sp³-hybridized carbons (Fsp3) is 0. The summed E-state index contributed by atoms with van der Waals surface area (Å²) in [7, 11) is -4.14. The largest absolute Gasteiger partial charge is 0.477 e. The molecule has 1 N–H and O–H groups in total. The van der Waals surface area contributed by atoms with E-state index in [-0.39, 0.29) is 21.0 Å². The lowest BCUT2D eigenvalue weighted by Gasteiger charge is -2.09. The van der Waals surface area contributed by atoms with Gasteiger partial charge < -0.3 is 5.11 Å². The zero-order valence-electron chi connectivity index (χ0n) is 11.3. The first-order valence-corrected chi connectivity index (χ1v) is 8.84. The zero-order valence-corrected chi connectivity index (χ0v) is 14.4. The topological polar surface area (TPSA) is 89.3 Å². The molecule has 2 heterocycles. The van der Waals surface area contributed by atoms with Crippen LogP contribution in [0.15, 0.2) is 52.0 Å². The Morgan fingerprint density at radius 1 is 1.22 bits per heavy atom. The van der Waals surface area contributed by atoms with E-state index in [1.54, 1.807) is 12.1 Å². The molecule has 23 heavy (non-hydrogen) atoms. The lowest BCUT2D eigenvalue weighted by atomic mass is 10.3. The monoisotopic (exact) mass is 414 g/mol. The Balaban J connectivity index is 2.38. The molecule has 3 aromatic rings. The van der Waals surface area contributed by atoms with Crippen LogP contribution in [-0.4, -0.2) is 28.5 Å². The molecule has 0 unspecified atom stereocenters. The van der Waals surface area contributed by atoms with Gasteiger partial charge in [0.05, 0.1) is 9.92 Å². The fourth-order valence-corrected chi connectivity index (χ4v) is 4.06. The minimum Gasteiger partial charge on any atom is -0.477 e. The van der Waals surface area contributed by atoms with Crippen molar-refractivity contribution >= 4 is 54.6 Å². The Bertz CT molecular complexity index is 1030. The summed E-state index contributed by atoms with van der Waals surface area (Å²) in [6.45, 7) is 0. The highest BCUT2D eigenvalue weighted by Gasteiger charge is 2.27. The minimum absolute atomic E-state index is 0.0298. The third-order valence-corrected chi connectivity index (χ3v) is 5.76. The van der Waals surface area contributed by atoms with Crippen LogP contribution in [0.2, 0.25) is 5.02 Å². The Morgan fingerprint density at radius 2 is 1.87 bits per heavy atom. The second-order valence-corrected chi connectivity index (χ2v) is 7.70. The maximum absolute atomic E-state index is 12.9. The Kier molecular flexibility index (Phi) is 3.91. The quantitative estimate of drug-likeness (QED) is 0.708. The molecule has 0 aliphatic heterocycles. The van der Waals surface area contributed by atoms with Gasteiger partial charge in [0.2, 0.25) is 0 Å². The number of halogens is 2. The van der Waals surface area contributed by atoms with Crippen LogP contribution in [0.4, 0.5) is 0 Å².